The Morgan fingerprint density at radius 3 is 2.50 bits per heavy atom. The van der Waals surface area contributed by atoms with Crippen molar-refractivity contribution in [1.82, 2.24) is 10.2 Å². The number of thiophene rings is 1. The Kier molecular flexibility index (Phi) is 7.02. The van der Waals surface area contributed by atoms with Crippen LogP contribution in [0.5, 0.6) is 0 Å². The van der Waals surface area contributed by atoms with Gasteiger partial charge in [-0.1, -0.05) is 20.3 Å². The van der Waals surface area contributed by atoms with Gasteiger partial charge < -0.3 is 15.3 Å². The van der Waals surface area contributed by atoms with Gasteiger partial charge in [0.2, 0.25) is 5.91 Å². The molecule has 0 saturated carbocycles. The van der Waals surface area contributed by atoms with Crippen molar-refractivity contribution in [2.24, 2.45) is 5.92 Å². The highest BCUT2D eigenvalue weighted by Gasteiger charge is 2.26. The lowest BCUT2D eigenvalue weighted by molar-refractivity contribution is -0.143. The molecule has 0 spiro atoms. The number of hydrogen-bond acceptors (Lipinski definition) is 4. The number of likely N-dealkylation sites (N-methyl/N-ethyl adjacent to an activating group) is 1. The molecule has 0 radical (unpaired) electrons. The molecule has 2 N–H and O–H groups in total. The van der Waals surface area contributed by atoms with Crippen molar-refractivity contribution in [2.45, 2.75) is 26.3 Å². The Morgan fingerprint density at radius 1 is 1.41 bits per heavy atom. The first kappa shape index (κ1) is 18.6. The molecule has 22 heavy (non-hydrogen) atoms. The second kappa shape index (κ2) is 8.28. The first-order chi connectivity index (χ1) is 10.3. The minimum Gasteiger partial charge on any atom is -0.480 e. The third kappa shape index (κ3) is 5.10. The summed E-state index contributed by atoms with van der Waals surface area (Å²) < 4.78 is 0.830. The summed E-state index contributed by atoms with van der Waals surface area (Å²) >= 11 is 4.55. The van der Waals surface area contributed by atoms with Crippen LogP contribution in [0.15, 0.2) is 15.9 Å². The molecule has 2 amide bonds. The fourth-order valence-corrected chi connectivity index (χ4v) is 3.19. The van der Waals surface area contributed by atoms with E-state index in [0.29, 0.717) is 11.3 Å². The van der Waals surface area contributed by atoms with Crippen molar-refractivity contribution in [1.29, 1.82) is 0 Å². The summed E-state index contributed by atoms with van der Waals surface area (Å²) in [6.45, 7) is 3.43. The summed E-state index contributed by atoms with van der Waals surface area (Å²) in [5.74, 6) is -2.02. The van der Waals surface area contributed by atoms with Crippen LogP contribution < -0.4 is 5.32 Å². The summed E-state index contributed by atoms with van der Waals surface area (Å²) in [5.41, 5.74) is 0. The summed E-state index contributed by atoms with van der Waals surface area (Å²) in [6, 6.07) is 2.48. The largest absolute Gasteiger partial charge is 0.480 e. The molecule has 1 aromatic heterocycles. The Hall–Kier alpha value is -1.41. The molecule has 0 saturated heterocycles. The molecule has 1 rings (SSSR count). The zero-order chi connectivity index (χ0) is 16.9. The topological polar surface area (TPSA) is 86.7 Å². The maximum Gasteiger partial charge on any atom is 0.326 e. The van der Waals surface area contributed by atoms with Crippen LogP contribution in [0.1, 0.15) is 29.9 Å². The van der Waals surface area contributed by atoms with Crippen molar-refractivity contribution in [3.63, 3.8) is 0 Å². The second-order valence-corrected chi connectivity index (χ2v) is 7.50. The predicted molar refractivity (Wildman–Crippen MR) is 88.0 cm³/mol. The first-order valence-electron chi connectivity index (χ1n) is 6.79. The number of nitrogens with one attached hydrogen (secondary N) is 1. The van der Waals surface area contributed by atoms with Crippen molar-refractivity contribution in [3.8, 4) is 0 Å². The molecular weight excluding hydrogens is 372 g/mol. The van der Waals surface area contributed by atoms with Gasteiger partial charge in [0.05, 0.1) is 15.2 Å². The zero-order valence-corrected chi connectivity index (χ0v) is 15.0. The van der Waals surface area contributed by atoms with Crippen LogP contribution in [0.4, 0.5) is 0 Å². The molecule has 0 bridgehead atoms. The zero-order valence-electron chi connectivity index (χ0n) is 12.6. The van der Waals surface area contributed by atoms with Gasteiger partial charge in [0.15, 0.2) is 0 Å². The summed E-state index contributed by atoms with van der Waals surface area (Å²) in [5, 5.41) is 11.6. The Bertz CT molecular complexity index is 561. The fraction of sp³-hybridized carbons (Fsp3) is 0.500. The molecule has 0 aliphatic carbocycles. The summed E-state index contributed by atoms with van der Waals surface area (Å²) in [6.07, 6.45) is 0.634. The van der Waals surface area contributed by atoms with E-state index in [1.54, 1.807) is 19.1 Å². The highest BCUT2D eigenvalue weighted by molar-refractivity contribution is 9.11. The third-order valence-corrected chi connectivity index (χ3v) is 4.92. The molecule has 122 valence electrons. The standard InChI is InChI=1S/C14H19BrN2O4S/c1-4-8(2)12(14(20)21)16-11(18)7-17(3)13(19)9-5-6-10(15)22-9/h5-6,8,12H,4,7H2,1-3H3,(H,16,18)(H,20,21). The molecule has 1 heterocycles. The van der Waals surface area contributed by atoms with Crippen LogP contribution >= 0.6 is 27.3 Å². The average molecular weight is 391 g/mol. The Labute approximate surface area is 141 Å². The van der Waals surface area contributed by atoms with E-state index in [1.165, 1.54) is 23.3 Å². The minimum absolute atomic E-state index is 0.185. The van der Waals surface area contributed by atoms with Crippen LogP contribution in [0.3, 0.4) is 0 Å². The van der Waals surface area contributed by atoms with Gasteiger partial charge in [-0.25, -0.2) is 4.79 Å². The average Bonchev–Trinajstić information content (AvgIpc) is 2.89. The van der Waals surface area contributed by atoms with E-state index in [1.807, 2.05) is 6.92 Å². The lowest BCUT2D eigenvalue weighted by Gasteiger charge is -2.22. The number of carboxylic acid groups (broad SMARTS) is 1. The van der Waals surface area contributed by atoms with Crippen molar-refractivity contribution < 1.29 is 19.5 Å². The molecular formula is C14H19BrN2O4S. The maximum absolute atomic E-state index is 12.1. The van der Waals surface area contributed by atoms with E-state index in [2.05, 4.69) is 21.2 Å². The van der Waals surface area contributed by atoms with Gasteiger partial charge >= 0.3 is 5.97 Å². The molecule has 0 aliphatic heterocycles. The van der Waals surface area contributed by atoms with Gasteiger partial charge in [0.25, 0.3) is 5.91 Å². The molecule has 2 atom stereocenters. The molecule has 1 aromatic rings. The summed E-state index contributed by atoms with van der Waals surface area (Å²) in [7, 11) is 1.51. The van der Waals surface area contributed by atoms with E-state index in [0.717, 1.165) is 3.79 Å². The highest BCUT2D eigenvalue weighted by atomic mass is 79.9. The monoisotopic (exact) mass is 390 g/mol. The normalized spacial score (nSPS) is 13.3. The number of carbonyl (C=O) groups is 3. The van der Waals surface area contributed by atoms with Gasteiger partial charge in [-0.05, 0) is 34.0 Å². The van der Waals surface area contributed by atoms with Crippen molar-refractivity contribution in [3.05, 3.63) is 20.8 Å². The highest BCUT2D eigenvalue weighted by Crippen LogP contribution is 2.22. The van der Waals surface area contributed by atoms with Gasteiger partial charge in [-0.2, -0.15) is 0 Å². The lowest BCUT2D eigenvalue weighted by Crippen LogP contribution is -2.48. The lowest BCUT2D eigenvalue weighted by atomic mass is 9.99. The van der Waals surface area contributed by atoms with Crippen molar-refractivity contribution >= 4 is 45.1 Å². The number of carboxylic acids is 1. The molecule has 8 heteroatoms. The maximum atomic E-state index is 12.1. The van der Waals surface area contributed by atoms with Gasteiger partial charge in [0, 0.05) is 7.05 Å². The van der Waals surface area contributed by atoms with Crippen LogP contribution in [0.2, 0.25) is 0 Å². The number of hydrogen-bond donors (Lipinski definition) is 2. The smallest absolute Gasteiger partial charge is 0.326 e. The second-order valence-electron chi connectivity index (χ2n) is 5.03. The molecule has 6 nitrogen and oxygen atoms in total. The first-order valence-corrected chi connectivity index (χ1v) is 8.40. The van der Waals surface area contributed by atoms with Crippen LogP contribution in [0, 0.1) is 5.92 Å². The Morgan fingerprint density at radius 2 is 2.05 bits per heavy atom. The van der Waals surface area contributed by atoms with Gasteiger partial charge in [-0.3, -0.25) is 9.59 Å². The van der Waals surface area contributed by atoms with Gasteiger partial charge in [-0.15, -0.1) is 11.3 Å². The van der Waals surface area contributed by atoms with Crippen LogP contribution in [-0.4, -0.2) is 47.4 Å². The minimum atomic E-state index is -1.07. The van der Waals surface area contributed by atoms with Crippen molar-refractivity contribution in [2.75, 3.05) is 13.6 Å². The van der Waals surface area contributed by atoms with Gasteiger partial charge in [0.1, 0.15) is 6.04 Å². The number of halogens is 1. The SMILES string of the molecule is CCC(C)C(NC(=O)CN(C)C(=O)c1ccc(Br)s1)C(=O)O. The molecule has 0 aliphatic rings. The van der Waals surface area contributed by atoms with E-state index in [-0.39, 0.29) is 18.4 Å². The van der Waals surface area contributed by atoms with E-state index in [4.69, 9.17) is 5.11 Å². The number of nitrogens with zero attached hydrogens (tertiary/aromatic N) is 1. The quantitative estimate of drug-likeness (QED) is 0.746. The number of rotatable bonds is 7. The summed E-state index contributed by atoms with van der Waals surface area (Å²) in [4.78, 5) is 37.0. The third-order valence-electron chi connectivity index (χ3n) is 3.31. The number of amides is 2. The predicted octanol–water partition coefficient (Wildman–Crippen LogP) is 2.20. The van der Waals surface area contributed by atoms with Crippen LogP contribution in [-0.2, 0) is 9.59 Å². The molecule has 2 unspecified atom stereocenters. The molecule has 0 aromatic carbocycles. The Balaban J connectivity index is 2.63. The van der Waals surface area contributed by atoms with E-state index in [9.17, 15) is 14.4 Å². The molecule has 0 fully saturated rings. The van der Waals surface area contributed by atoms with Crippen LogP contribution in [0.25, 0.3) is 0 Å². The van der Waals surface area contributed by atoms with E-state index >= 15 is 0 Å². The fourth-order valence-electron chi connectivity index (χ4n) is 1.81. The number of carbonyl (C=O) groups excluding carboxylic acids is 2. The number of aliphatic carboxylic acids is 1. The van der Waals surface area contributed by atoms with E-state index < -0.39 is 17.9 Å².